The molecular formula is C24H18F4N6O. The van der Waals surface area contributed by atoms with Crippen molar-refractivity contribution < 1.29 is 22.3 Å². The summed E-state index contributed by atoms with van der Waals surface area (Å²) in [6, 6.07) is 5.08. The van der Waals surface area contributed by atoms with Crippen molar-refractivity contribution in [2.45, 2.75) is 32.4 Å². The maximum Gasteiger partial charge on any atom is 0.405 e. The van der Waals surface area contributed by atoms with Gasteiger partial charge in [0.25, 0.3) is 5.78 Å². The van der Waals surface area contributed by atoms with Crippen LogP contribution in [0.5, 0.6) is 5.75 Å². The topological polar surface area (TPSA) is 68.4 Å². The van der Waals surface area contributed by atoms with Crippen LogP contribution in [0.2, 0.25) is 0 Å². The number of hydrogen-bond acceptors (Lipinski definition) is 6. The Hall–Kier alpha value is -3.94. The van der Waals surface area contributed by atoms with E-state index in [2.05, 4.69) is 32.0 Å². The maximum absolute atomic E-state index is 15.2. The van der Waals surface area contributed by atoms with E-state index in [0.717, 1.165) is 6.20 Å². The van der Waals surface area contributed by atoms with Gasteiger partial charge in [0.1, 0.15) is 17.1 Å². The fraction of sp³-hybridized carbons (Fsp3) is 0.333. The molecule has 1 saturated carbocycles. The molecule has 178 valence electrons. The summed E-state index contributed by atoms with van der Waals surface area (Å²) in [6.45, 7) is 2.49. The predicted octanol–water partition coefficient (Wildman–Crippen LogP) is 4.73. The minimum Gasteiger partial charge on any atom is -0.490 e. The van der Waals surface area contributed by atoms with Crippen molar-refractivity contribution >= 4 is 28.2 Å². The Morgan fingerprint density at radius 1 is 1.14 bits per heavy atom. The molecule has 1 aliphatic carbocycles. The minimum absolute atomic E-state index is 0.00743. The second-order valence-electron chi connectivity index (χ2n) is 8.67. The highest BCUT2D eigenvalue weighted by molar-refractivity contribution is 5.94. The third-order valence-electron chi connectivity index (χ3n) is 6.40. The molecule has 1 aliphatic heterocycles. The van der Waals surface area contributed by atoms with Crippen LogP contribution in [0.4, 0.5) is 29.1 Å². The molecule has 0 saturated heterocycles. The van der Waals surface area contributed by atoms with Gasteiger partial charge in [-0.05, 0) is 38.3 Å². The standard InChI is InChI=1S/C24H18F4N6O/c1-14-31-32-22-30-21(19-16(25)12-29-13-18(19)34(14)22)33-10-3-11-35-20-15(4-2-5-17(20)33)6-7-23(8-9-23)24(26,27)28/h2,4-5,12-13H,3,8-11H2,1H3. The monoisotopic (exact) mass is 482 g/mol. The number of pyridine rings is 1. The zero-order valence-electron chi connectivity index (χ0n) is 18.5. The van der Waals surface area contributed by atoms with Gasteiger partial charge in [-0.2, -0.15) is 18.2 Å². The lowest BCUT2D eigenvalue weighted by Gasteiger charge is -2.25. The summed E-state index contributed by atoms with van der Waals surface area (Å²) < 4.78 is 62.9. The zero-order valence-corrected chi connectivity index (χ0v) is 18.5. The Balaban J connectivity index is 1.54. The number of hydrogen-bond donors (Lipinski definition) is 0. The molecule has 4 heterocycles. The summed E-state index contributed by atoms with van der Waals surface area (Å²) in [5.74, 6) is 6.04. The Kier molecular flexibility index (Phi) is 4.64. The second-order valence-corrected chi connectivity index (χ2v) is 8.67. The molecule has 0 unspecified atom stereocenters. The van der Waals surface area contributed by atoms with Crippen LogP contribution in [0.1, 0.15) is 30.7 Å². The molecule has 0 N–H and O–H groups in total. The summed E-state index contributed by atoms with van der Waals surface area (Å²) in [7, 11) is 0. The number of alkyl halides is 3. The highest BCUT2D eigenvalue weighted by Crippen LogP contribution is 2.57. The molecule has 0 radical (unpaired) electrons. The number of ether oxygens (including phenoxy) is 1. The number of anilines is 2. The fourth-order valence-corrected chi connectivity index (χ4v) is 4.38. The second kappa shape index (κ2) is 7.53. The zero-order chi connectivity index (χ0) is 24.4. The summed E-state index contributed by atoms with van der Waals surface area (Å²) in [5, 5.41) is 8.39. The van der Waals surface area contributed by atoms with Crippen LogP contribution in [0.3, 0.4) is 0 Å². The third kappa shape index (κ3) is 3.35. The van der Waals surface area contributed by atoms with E-state index in [9.17, 15) is 13.2 Å². The van der Waals surface area contributed by atoms with Crippen LogP contribution >= 0.6 is 0 Å². The molecule has 0 atom stereocenters. The lowest BCUT2D eigenvalue weighted by Crippen LogP contribution is -2.22. The minimum atomic E-state index is -4.38. The average Bonchev–Trinajstić information content (AvgIpc) is 3.58. The average molecular weight is 482 g/mol. The molecule has 35 heavy (non-hydrogen) atoms. The van der Waals surface area contributed by atoms with E-state index in [1.165, 1.54) is 6.20 Å². The quantitative estimate of drug-likeness (QED) is 0.289. The number of aryl methyl sites for hydroxylation is 1. The lowest BCUT2D eigenvalue weighted by molar-refractivity contribution is -0.168. The van der Waals surface area contributed by atoms with E-state index in [-0.39, 0.29) is 24.0 Å². The molecule has 7 nitrogen and oxygen atoms in total. The van der Waals surface area contributed by atoms with E-state index >= 15 is 4.39 Å². The Labute approximate surface area is 196 Å². The van der Waals surface area contributed by atoms with E-state index < -0.39 is 17.4 Å². The summed E-state index contributed by atoms with van der Waals surface area (Å²) >= 11 is 0. The van der Waals surface area contributed by atoms with Crippen molar-refractivity contribution in [1.29, 1.82) is 0 Å². The molecule has 1 aromatic carbocycles. The van der Waals surface area contributed by atoms with E-state index in [1.54, 1.807) is 34.4 Å². The first-order valence-corrected chi connectivity index (χ1v) is 11.1. The molecule has 3 aromatic heterocycles. The van der Waals surface area contributed by atoms with Crippen LogP contribution in [-0.4, -0.2) is 43.9 Å². The lowest BCUT2D eigenvalue weighted by atomic mass is 10.1. The number of benzene rings is 1. The molecule has 2 aliphatic rings. The van der Waals surface area contributed by atoms with Crippen molar-refractivity contribution in [2.24, 2.45) is 5.41 Å². The molecule has 0 bridgehead atoms. The van der Waals surface area contributed by atoms with Crippen molar-refractivity contribution in [1.82, 2.24) is 24.6 Å². The first kappa shape index (κ1) is 21.6. The van der Waals surface area contributed by atoms with Crippen LogP contribution in [0.15, 0.2) is 30.6 Å². The number of aromatic nitrogens is 5. The van der Waals surface area contributed by atoms with E-state index in [0.29, 0.717) is 53.7 Å². The number of para-hydroxylation sites is 1. The number of halogens is 4. The first-order chi connectivity index (χ1) is 16.8. The molecule has 0 spiro atoms. The third-order valence-corrected chi connectivity index (χ3v) is 6.40. The maximum atomic E-state index is 15.2. The molecule has 6 rings (SSSR count). The summed E-state index contributed by atoms with van der Waals surface area (Å²) in [5.41, 5.74) is -0.617. The van der Waals surface area contributed by atoms with Gasteiger partial charge in [0.05, 0.1) is 41.2 Å². The van der Waals surface area contributed by atoms with Crippen molar-refractivity contribution in [2.75, 3.05) is 18.1 Å². The van der Waals surface area contributed by atoms with Crippen LogP contribution in [-0.2, 0) is 0 Å². The smallest absolute Gasteiger partial charge is 0.405 e. The highest BCUT2D eigenvalue weighted by Gasteiger charge is 2.62. The van der Waals surface area contributed by atoms with E-state index in [1.807, 2.05) is 0 Å². The first-order valence-electron chi connectivity index (χ1n) is 11.1. The van der Waals surface area contributed by atoms with Gasteiger partial charge in [-0.25, -0.2) is 4.39 Å². The summed E-state index contributed by atoms with van der Waals surface area (Å²) in [6.07, 6.45) is -1.18. The van der Waals surface area contributed by atoms with Crippen molar-refractivity contribution in [3.8, 4) is 17.6 Å². The Morgan fingerprint density at radius 2 is 1.97 bits per heavy atom. The van der Waals surface area contributed by atoms with Gasteiger partial charge in [-0.15, -0.1) is 10.2 Å². The Morgan fingerprint density at radius 3 is 2.74 bits per heavy atom. The number of nitrogens with zero attached hydrogens (tertiary/aromatic N) is 6. The molecular weight excluding hydrogens is 464 g/mol. The number of rotatable bonds is 1. The number of fused-ring (bicyclic) bond motifs is 4. The van der Waals surface area contributed by atoms with Gasteiger partial charge in [0, 0.05) is 6.54 Å². The molecule has 1 fully saturated rings. The van der Waals surface area contributed by atoms with E-state index in [4.69, 9.17) is 4.74 Å². The Bertz CT molecular complexity index is 1550. The van der Waals surface area contributed by atoms with Crippen molar-refractivity contribution in [3.05, 3.63) is 47.8 Å². The van der Waals surface area contributed by atoms with Crippen molar-refractivity contribution in [3.63, 3.8) is 0 Å². The van der Waals surface area contributed by atoms with Gasteiger partial charge >= 0.3 is 6.18 Å². The SMILES string of the molecule is Cc1nnc2nc(N3CCCOc4c(C#CC5(C(F)(F)F)CC5)cccc43)c3c(F)cncc3n12. The van der Waals surface area contributed by atoms with Gasteiger partial charge in [0.15, 0.2) is 11.6 Å². The van der Waals surface area contributed by atoms with Crippen LogP contribution < -0.4 is 9.64 Å². The van der Waals surface area contributed by atoms with Gasteiger partial charge in [0.2, 0.25) is 0 Å². The highest BCUT2D eigenvalue weighted by atomic mass is 19.4. The van der Waals surface area contributed by atoms with Gasteiger partial charge in [-0.1, -0.05) is 17.9 Å². The predicted molar refractivity (Wildman–Crippen MR) is 119 cm³/mol. The largest absolute Gasteiger partial charge is 0.490 e. The summed E-state index contributed by atoms with van der Waals surface area (Å²) in [4.78, 5) is 10.4. The van der Waals surface area contributed by atoms with Gasteiger partial charge < -0.3 is 9.64 Å². The van der Waals surface area contributed by atoms with Crippen LogP contribution in [0.25, 0.3) is 16.7 Å². The van der Waals surface area contributed by atoms with Gasteiger partial charge in [-0.3, -0.25) is 9.38 Å². The molecule has 4 aromatic rings. The van der Waals surface area contributed by atoms with Crippen LogP contribution in [0, 0.1) is 30.0 Å². The normalized spacial score (nSPS) is 16.9. The molecule has 0 amide bonds. The fourth-order valence-electron chi connectivity index (χ4n) is 4.38. The molecule has 11 heteroatoms.